The van der Waals surface area contributed by atoms with Crippen molar-refractivity contribution in [1.82, 2.24) is 5.32 Å². The molecule has 5 heteroatoms. The lowest BCUT2D eigenvalue weighted by atomic mass is 9.96. The Balaban J connectivity index is 0.00000200. The van der Waals surface area contributed by atoms with Gasteiger partial charge in [-0.15, -0.1) is 24.0 Å². The van der Waals surface area contributed by atoms with E-state index < -0.39 is 0 Å². The zero-order chi connectivity index (χ0) is 13.5. The van der Waals surface area contributed by atoms with Crippen molar-refractivity contribution in [2.24, 2.45) is 10.7 Å². The third kappa shape index (κ3) is 5.56. The van der Waals surface area contributed by atoms with Crippen LogP contribution in [0.5, 0.6) is 5.75 Å². The molecule has 0 aliphatic heterocycles. The average Bonchev–Trinajstić information content (AvgIpc) is 2.46. The van der Waals surface area contributed by atoms with Gasteiger partial charge in [-0.25, -0.2) is 4.99 Å². The van der Waals surface area contributed by atoms with Crippen molar-refractivity contribution in [1.29, 1.82) is 0 Å². The van der Waals surface area contributed by atoms with E-state index in [0.717, 1.165) is 11.3 Å². The number of aliphatic imine (C=N–C) groups is 1. The Kier molecular flexibility index (Phi) is 7.72. The minimum atomic E-state index is 0. The van der Waals surface area contributed by atoms with Gasteiger partial charge in [0.05, 0.1) is 13.7 Å². The molecule has 4 nitrogen and oxygen atoms in total. The highest BCUT2D eigenvalue weighted by Crippen LogP contribution is 2.17. The SMILES string of the molecule is COc1cccc(CN=C(N)NC2CCCCC2)c1.I. The van der Waals surface area contributed by atoms with Gasteiger partial charge in [-0.3, -0.25) is 0 Å². The Hall–Kier alpha value is -0.980. The van der Waals surface area contributed by atoms with Crippen LogP contribution in [-0.2, 0) is 6.54 Å². The van der Waals surface area contributed by atoms with Crippen molar-refractivity contribution < 1.29 is 4.74 Å². The molecule has 0 aromatic heterocycles. The molecule has 0 heterocycles. The maximum Gasteiger partial charge on any atom is 0.189 e. The number of hydrogen-bond donors (Lipinski definition) is 2. The van der Waals surface area contributed by atoms with Crippen LogP contribution in [0.15, 0.2) is 29.3 Å². The number of hydrogen-bond acceptors (Lipinski definition) is 2. The molecule has 1 aromatic rings. The fourth-order valence-electron chi connectivity index (χ4n) is 2.45. The summed E-state index contributed by atoms with van der Waals surface area (Å²) in [7, 11) is 1.67. The highest BCUT2D eigenvalue weighted by atomic mass is 127. The topological polar surface area (TPSA) is 59.6 Å². The van der Waals surface area contributed by atoms with Gasteiger partial charge in [-0.2, -0.15) is 0 Å². The fourth-order valence-corrected chi connectivity index (χ4v) is 2.45. The summed E-state index contributed by atoms with van der Waals surface area (Å²) >= 11 is 0. The fraction of sp³-hybridized carbons (Fsp3) is 0.533. The molecule has 1 fully saturated rings. The van der Waals surface area contributed by atoms with Crippen LogP contribution in [0.1, 0.15) is 37.7 Å². The second-order valence-corrected chi connectivity index (χ2v) is 5.03. The quantitative estimate of drug-likeness (QED) is 0.473. The Morgan fingerprint density at radius 3 is 2.80 bits per heavy atom. The molecule has 3 N–H and O–H groups in total. The van der Waals surface area contributed by atoms with Crippen molar-refractivity contribution in [3.05, 3.63) is 29.8 Å². The van der Waals surface area contributed by atoms with Crippen molar-refractivity contribution in [2.75, 3.05) is 7.11 Å². The molecule has 2 rings (SSSR count). The van der Waals surface area contributed by atoms with E-state index in [2.05, 4.69) is 10.3 Å². The van der Waals surface area contributed by atoms with Crippen LogP contribution in [0, 0.1) is 0 Å². The van der Waals surface area contributed by atoms with E-state index in [0.29, 0.717) is 18.5 Å². The molecule has 0 unspecified atom stereocenters. The smallest absolute Gasteiger partial charge is 0.189 e. The second-order valence-electron chi connectivity index (χ2n) is 5.03. The normalized spacial score (nSPS) is 16.4. The zero-order valence-corrected chi connectivity index (χ0v) is 14.3. The first kappa shape index (κ1) is 17.1. The Morgan fingerprint density at radius 1 is 1.35 bits per heavy atom. The minimum Gasteiger partial charge on any atom is -0.497 e. The van der Waals surface area contributed by atoms with Crippen molar-refractivity contribution in [3.63, 3.8) is 0 Å². The molecule has 0 radical (unpaired) electrons. The summed E-state index contributed by atoms with van der Waals surface area (Å²) in [5.74, 6) is 1.40. The van der Waals surface area contributed by atoms with Gasteiger partial charge in [-0.1, -0.05) is 31.4 Å². The minimum absolute atomic E-state index is 0. The first-order valence-corrected chi connectivity index (χ1v) is 6.97. The van der Waals surface area contributed by atoms with Gasteiger partial charge >= 0.3 is 0 Å². The van der Waals surface area contributed by atoms with E-state index in [4.69, 9.17) is 10.5 Å². The van der Waals surface area contributed by atoms with Crippen LogP contribution < -0.4 is 15.8 Å². The Bertz CT molecular complexity index is 431. The van der Waals surface area contributed by atoms with E-state index in [1.165, 1.54) is 32.1 Å². The highest BCUT2D eigenvalue weighted by molar-refractivity contribution is 14.0. The van der Waals surface area contributed by atoms with Gasteiger partial charge in [0, 0.05) is 6.04 Å². The first-order valence-electron chi connectivity index (χ1n) is 6.97. The lowest BCUT2D eigenvalue weighted by Crippen LogP contribution is -2.41. The molecule has 112 valence electrons. The molecule has 20 heavy (non-hydrogen) atoms. The van der Waals surface area contributed by atoms with E-state index >= 15 is 0 Å². The summed E-state index contributed by atoms with van der Waals surface area (Å²) in [6, 6.07) is 8.41. The molecule has 0 amide bonds. The van der Waals surface area contributed by atoms with Crippen molar-refractivity contribution in [2.45, 2.75) is 44.7 Å². The number of nitrogens with zero attached hydrogens (tertiary/aromatic N) is 1. The third-order valence-electron chi connectivity index (χ3n) is 3.52. The predicted molar refractivity (Wildman–Crippen MR) is 93.7 cm³/mol. The summed E-state index contributed by atoms with van der Waals surface area (Å²) < 4.78 is 5.19. The number of guanidine groups is 1. The monoisotopic (exact) mass is 389 g/mol. The second kappa shape index (κ2) is 9.05. The molecule has 1 aliphatic rings. The summed E-state index contributed by atoms with van der Waals surface area (Å²) in [6.07, 6.45) is 6.34. The number of rotatable bonds is 4. The first-order chi connectivity index (χ1) is 9.28. The van der Waals surface area contributed by atoms with E-state index in [1.807, 2.05) is 24.3 Å². The third-order valence-corrected chi connectivity index (χ3v) is 3.52. The van der Waals surface area contributed by atoms with Crippen LogP contribution in [0.2, 0.25) is 0 Å². The Labute approximate surface area is 138 Å². The molecule has 0 spiro atoms. The summed E-state index contributed by atoms with van der Waals surface area (Å²) in [5.41, 5.74) is 7.03. The molecular weight excluding hydrogens is 365 g/mol. The maximum absolute atomic E-state index is 5.93. The van der Waals surface area contributed by atoms with Crippen LogP contribution in [0.3, 0.4) is 0 Å². The van der Waals surface area contributed by atoms with E-state index in [9.17, 15) is 0 Å². The molecule has 0 bridgehead atoms. The molecule has 1 aliphatic carbocycles. The number of methoxy groups -OCH3 is 1. The number of halogens is 1. The summed E-state index contributed by atoms with van der Waals surface area (Å²) in [5, 5.41) is 3.31. The van der Waals surface area contributed by atoms with Gasteiger partial charge in [0.15, 0.2) is 5.96 Å². The van der Waals surface area contributed by atoms with E-state index in [1.54, 1.807) is 7.11 Å². The van der Waals surface area contributed by atoms with Gasteiger partial charge in [0.1, 0.15) is 5.75 Å². The van der Waals surface area contributed by atoms with Gasteiger partial charge in [0.2, 0.25) is 0 Å². The zero-order valence-electron chi connectivity index (χ0n) is 12.0. The molecular formula is C15H24IN3O. The summed E-state index contributed by atoms with van der Waals surface area (Å²) in [6.45, 7) is 0.586. The van der Waals surface area contributed by atoms with Crippen LogP contribution in [0.4, 0.5) is 0 Å². The van der Waals surface area contributed by atoms with Crippen LogP contribution >= 0.6 is 24.0 Å². The van der Waals surface area contributed by atoms with Crippen molar-refractivity contribution >= 4 is 29.9 Å². The number of nitrogens with one attached hydrogen (secondary N) is 1. The van der Waals surface area contributed by atoms with Gasteiger partial charge in [-0.05, 0) is 30.5 Å². The summed E-state index contributed by atoms with van der Waals surface area (Å²) in [4.78, 5) is 4.39. The number of benzene rings is 1. The number of nitrogens with two attached hydrogens (primary N) is 1. The van der Waals surface area contributed by atoms with E-state index in [-0.39, 0.29) is 24.0 Å². The molecule has 0 saturated heterocycles. The lowest BCUT2D eigenvalue weighted by molar-refractivity contribution is 0.412. The van der Waals surface area contributed by atoms with Crippen molar-refractivity contribution in [3.8, 4) is 5.75 Å². The Morgan fingerprint density at radius 2 is 2.10 bits per heavy atom. The van der Waals surface area contributed by atoms with Gasteiger partial charge in [0.25, 0.3) is 0 Å². The van der Waals surface area contributed by atoms with Crippen LogP contribution in [-0.4, -0.2) is 19.1 Å². The highest BCUT2D eigenvalue weighted by Gasteiger charge is 2.13. The molecule has 1 saturated carbocycles. The molecule has 1 aromatic carbocycles. The lowest BCUT2D eigenvalue weighted by Gasteiger charge is -2.23. The standard InChI is InChI=1S/C15H23N3O.HI/c1-19-14-9-5-6-12(10-14)11-17-15(16)18-13-7-3-2-4-8-13;/h5-6,9-10,13H,2-4,7-8,11H2,1H3,(H3,16,17,18);1H. The van der Waals surface area contributed by atoms with Crippen LogP contribution in [0.25, 0.3) is 0 Å². The molecule has 0 atom stereocenters. The number of ether oxygens (including phenoxy) is 1. The average molecular weight is 389 g/mol. The maximum atomic E-state index is 5.93. The predicted octanol–water partition coefficient (Wildman–Crippen LogP) is 3.05. The van der Waals surface area contributed by atoms with Gasteiger partial charge < -0.3 is 15.8 Å². The largest absolute Gasteiger partial charge is 0.497 e.